The fraction of sp³-hybridized carbons (Fsp3) is 0.231. The first-order valence-electron chi connectivity index (χ1n) is 10.8. The minimum absolute atomic E-state index is 0.173. The van der Waals surface area contributed by atoms with Crippen molar-refractivity contribution in [1.29, 1.82) is 0 Å². The van der Waals surface area contributed by atoms with Crippen molar-refractivity contribution in [3.8, 4) is 11.5 Å². The molecule has 1 heterocycles. The van der Waals surface area contributed by atoms with Crippen LogP contribution in [0.15, 0.2) is 72.8 Å². The summed E-state index contributed by atoms with van der Waals surface area (Å²) in [5, 5.41) is 0.591. The summed E-state index contributed by atoms with van der Waals surface area (Å²) in [6.07, 6.45) is -0.700. The highest BCUT2D eigenvalue weighted by molar-refractivity contribution is 6.30. The number of carbonyl (C=O) groups excluding carboxylic acids is 2. The second-order valence-electron chi connectivity index (χ2n) is 7.41. The Balaban J connectivity index is 1.62. The maximum absolute atomic E-state index is 13.2. The van der Waals surface area contributed by atoms with Gasteiger partial charge in [0.1, 0.15) is 17.5 Å². The fourth-order valence-corrected chi connectivity index (χ4v) is 3.88. The van der Waals surface area contributed by atoms with E-state index in [1.54, 1.807) is 60.4 Å². The van der Waals surface area contributed by atoms with Crippen LogP contribution >= 0.6 is 11.6 Å². The molecule has 1 aliphatic heterocycles. The minimum Gasteiger partial charge on any atom is -0.494 e. The first kappa shape index (κ1) is 22.7. The average Bonchev–Trinajstić information content (AvgIpc) is 2.83. The molecule has 1 fully saturated rings. The normalized spacial score (nSPS) is 17.3. The second kappa shape index (κ2) is 9.96. The van der Waals surface area contributed by atoms with Gasteiger partial charge in [-0.2, -0.15) is 0 Å². The monoisotopic (exact) mass is 465 g/mol. The molecule has 0 spiro atoms. The van der Waals surface area contributed by atoms with Crippen molar-refractivity contribution < 1.29 is 23.8 Å². The molecule has 1 amide bonds. The molecule has 6 nitrogen and oxygen atoms in total. The van der Waals surface area contributed by atoms with Crippen LogP contribution in [-0.4, -0.2) is 31.2 Å². The third-order valence-electron chi connectivity index (χ3n) is 5.31. The Labute approximate surface area is 197 Å². The van der Waals surface area contributed by atoms with E-state index in [0.29, 0.717) is 35.2 Å². The maximum atomic E-state index is 13.2. The molecule has 3 aromatic rings. The van der Waals surface area contributed by atoms with Crippen LogP contribution in [0.25, 0.3) is 0 Å². The van der Waals surface area contributed by atoms with Gasteiger partial charge in [-0.1, -0.05) is 23.7 Å². The quantitative estimate of drug-likeness (QED) is 0.327. The minimum atomic E-state index is -0.700. The molecular weight excluding hydrogens is 442 g/mol. The lowest BCUT2D eigenvalue weighted by Gasteiger charge is -2.46. The zero-order chi connectivity index (χ0) is 23.4. The molecule has 33 heavy (non-hydrogen) atoms. The van der Waals surface area contributed by atoms with Gasteiger partial charge in [0.05, 0.1) is 18.8 Å². The number of benzene rings is 3. The smallest absolute Gasteiger partial charge is 0.338 e. The number of esters is 1. The molecule has 0 aliphatic carbocycles. The van der Waals surface area contributed by atoms with Crippen molar-refractivity contribution >= 4 is 29.2 Å². The van der Waals surface area contributed by atoms with Gasteiger partial charge in [0.15, 0.2) is 0 Å². The van der Waals surface area contributed by atoms with Crippen molar-refractivity contribution in [2.75, 3.05) is 18.1 Å². The summed E-state index contributed by atoms with van der Waals surface area (Å²) in [6.45, 7) is 4.56. The number of carbonyl (C=O) groups is 2. The van der Waals surface area contributed by atoms with E-state index in [2.05, 4.69) is 0 Å². The summed E-state index contributed by atoms with van der Waals surface area (Å²) in [5.41, 5.74) is 2.01. The van der Waals surface area contributed by atoms with Crippen LogP contribution in [0.4, 0.5) is 5.69 Å². The molecule has 0 saturated carbocycles. The second-order valence-corrected chi connectivity index (χ2v) is 7.85. The number of amides is 1. The molecule has 0 aromatic heterocycles. The molecule has 1 aliphatic rings. The van der Waals surface area contributed by atoms with E-state index in [4.69, 9.17) is 25.8 Å². The van der Waals surface area contributed by atoms with Gasteiger partial charge in [-0.05, 0) is 80.1 Å². The molecule has 2 atom stereocenters. The molecule has 0 N–H and O–H groups in total. The van der Waals surface area contributed by atoms with Crippen molar-refractivity contribution in [1.82, 2.24) is 0 Å². The van der Waals surface area contributed by atoms with E-state index >= 15 is 0 Å². The summed E-state index contributed by atoms with van der Waals surface area (Å²) in [5.74, 6) is 0.747. The summed E-state index contributed by atoms with van der Waals surface area (Å²) in [4.78, 5) is 26.8. The van der Waals surface area contributed by atoms with E-state index in [1.165, 1.54) is 0 Å². The average molecular weight is 466 g/mol. The largest absolute Gasteiger partial charge is 0.494 e. The van der Waals surface area contributed by atoms with Gasteiger partial charge in [-0.15, -0.1) is 0 Å². The number of hydrogen-bond acceptors (Lipinski definition) is 5. The first-order valence-corrected chi connectivity index (χ1v) is 11.1. The maximum Gasteiger partial charge on any atom is 0.338 e. The van der Waals surface area contributed by atoms with Crippen LogP contribution in [0.2, 0.25) is 5.02 Å². The van der Waals surface area contributed by atoms with E-state index in [1.807, 2.05) is 31.2 Å². The lowest BCUT2D eigenvalue weighted by molar-refractivity contribution is -0.135. The van der Waals surface area contributed by atoms with Crippen molar-refractivity contribution in [2.24, 2.45) is 0 Å². The highest BCUT2D eigenvalue weighted by atomic mass is 35.5. The Hall–Kier alpha value is -3.51. The SMILES string of the molecule is CCOC(=O)c1ccc(N2C(=O)[C@H](Oc3ccc(Cl)cc3)[C@@H]2c2ccc(OCC)cc2)cc1. The summed E-state index contributed by atoms with van der Waals surface area (Å²) in [7, 11) is 0. The molecule has 3 aromatic carbocycles. The van der Waals surface area contributed by atoms with Crippen LogP contribution in [-0.2, 0) is 9.53 Å². The standard InChI is InChI=1S/C26H24ClNO5/c1-3-31-21-13-7-17(8-14-21)23-24(33-22-15-9-19(27)10-16-22)25(29)28(23)20-11-5-18(6-12-20)26(30)32-4-2/h5-16,23-24H,3-4H2,1-2H3/t23-,24+/m0/s1. The van der Waals surface area contributed by atoms with E-state index in [-0.39, 0.29) is 11.9 Å². The topological polar surface area (TPSA) is 65.1 Å². The van der Waals surface area contributed by atoms with Gasteiger partial charge in [-0.3, -0.25) is 9.69 Å². The summed E-state index contributed by atoms with van der Waals surface area (Å²) < 4.78 is 16.6. The van der Waals surface area contributed by atoms with Gasteiger partial charge < -0.3 is 14.2 Å². The van der Waals surface area contributed by atoms with E-state index < -0.39 is 12.1 Å². The van der Waals surface area contributed by atoms with Crippen LogP contribution in [0.1, 0.15) is 35.8 Å². The Morgan fingerprint density at radius 2 is 1.52 bits per heavy atom. The number of hydrogen-bond donors (Lipinski definition) is 0. The van der Waals surface area contributed by atoms with Gasteiger partial charge >= 0.3 is 5.97 Å². The number of anilines is 1. The molecule has 170 valence electrons. The van der Waals surface area contributed by atoms with Crippen LogP contribution in [0.3, 0.4) is 0 Å². The van der Waals surface area contributed by atoms with Gasteiger partial charge in [0, 0.05) is 10.7 Å². The molecule has 7 heteroatoms. The number of rotatable bonds is 8. The predicted molar refractivity (Wildman–Crippen MR) is 126 cm³/mol. The Morgan fingerprint density at radius 3 is 2.12 bits per heavy atom. The van der Waals surface area contributed by atoms with Gasteiger partial charge in [-0.25, -0.2) is 4.79 Å². The van der Waals surface area contributed by atoms with Crippen molar-refractivity contribution in [3.05, 3.63) is 88.9 Å². The third-order valence-corrected chi connectivity index (χ3v) is 5.56. The van der Waals surface area contributed by atoms with Crippen LogP contribution < -0.4 is 14.4 Å². The number of ether oxygens (including phenoxy) is 3. The van der Waals surface area contributed by atoms with Crippen molar-refractivity contribution in [3.63, 3.8) is 0 Å². The van der Waals surface area contributed by atoms with Gasteiger partial charge in [0.25, 0.3) is 5.91 Å². The molecular formula is C26H24ClNO5. The highest BCUT2D eigenvalue weighted by Crippen LogP contribution is 2.41. The molecule has 0 bridgehead atoms. The summed E-state index contributed by atoms with van der Waals surface area (Å²) >= 11 is 5.97. The zero-order valence-corrected chi connectivity index (χ0v) is 19.1. The van der Waals surface area contributed by atoms with Gasteiger partial charge in [0.2, 0.25) is 6.10 Å². The molecule has 0 unspecified atom stereocenters. The fourth-order valence-electron chi connectivity index (χ4n) is 3.75. The van der Waals surface area contributed by atoms with Crippen LogP contribution in [0, 0.1) is 0 Å². The molecule has 1 saturated heterocycles. The van der Waals surface area contributed by atoms with E-state index in [0.717, 1.165) is 11.3 Å². The van der Waals surface area contributed by atoms with E-state index in [9.17, 15) is 9.59 Å². The van der Waals surface area contributed by atoms with Crippen LogP contribution in [0.5, 0.6) is 11.5 Å². The highest BCUT2D eigenvalue weighted by Gasteiger charge is 2.51. The zero-order valence-electron chi connectivity index (χ0n) is 18.4. The number of halogens is 1. The predicted octanol–water partition coefficient (Wildman–Crippen LogP) is 5.45. The Kier molecular flexibility index (Phi) is 6.84. The summed E-state index contributed by atoms with van der Waals surface area (Å²) in [6, 6.07) is 21.0. The van der Waals surface area contributed by atoms with Crippen molar-refractivity contribution in [2.45, 2.75) is 26.0 Å². The Morgan fingerprint density at radius 1 is 0.879 bits per heavy atom. The first-order chi connectivity index (χ1) is 16.0. The number of β-lactam (4-membered cyclic amide) rings is 1. The molecule has 0 radical (unpaired) electrons. The lowest BCUT2D eigenvalue weighted by Crippen LogP contribution is -2.61. The third kappa shape index (κ3) is 4.81. The lowest BCUT2D eigenvalue weighted by atomic mass is 9.89. The Bertz CT molecular complexity index is 1110. The molecule has 4 rings (SSSR count). The number of nitrogens with zero attached hydrogens (tertiary/aromatic N) is 1.